The number of rotatable bonds is 0. The zero-order valence-corrected chi connectivity index (χ0v) is 12.7. The van der Waals surface area contributed by atoms with E-state index in [4.69, 9.17) is 12.2 Å². The first-order chi connectivity index (χ1) is 9.00. The molecule has 2 nitrogen and oxygen atoms in total. The Hall–Kier alpha value is -1.09. The van der Waals surface area contributed by atoms with Crippen molar-refractivity contribution in [2.45, 2.75) is 58.0 Å². The second kappa shape index (κ2) is 3.51. The van der Waals surface area contributed by atoms with Gasteiger partial charge in [-0.05, 0) is 47.5 Å². The average molecular weight is 272 g/mol. The highest BCUT2D eigenvalue weighted by molar-refractivity contribution is 7.71. The molecule has 0 amide bonds. The highest BCUT2D eigenvalue weighted by atomic mass is 32.1. The maximum Gasteiger partial charge on any atom is 0.180 e. The van der Waals surface area contributed by atoms with E-state index in [2.05, 4.69) is 42.0 Å². The van der Waals surface area contributed by atoms with Crippen LogP contribution in [-0.2, 0) is 18.5 Å². The van der Waals surface area contributed by atoms with Crippen molar-refractivity contribution >= 4 is 23.3 Å². The van der Waals surface area contributed by atoms with Crippen LogP contribution in [0.3, 0.4) is 0 Å². The monoisotopic (exact) mass is 272 g/mol. The van der Waals surface area contributed by atoms with Crippen LogP contribution < -0.4 is 0 Å². The summed E-state index contributed by atoms with van der Waals surface area (Å²) >= 11 is 5.72. The molecule has 0 bridgehead atoms. The van der Waals surface area contributed by atoms with E-state index in [9.17, 15) is 0 Å². The summed E-state index contributed by atoms with van der Waals surface area (Å²) in [7, 11) is 0. The van der Waals surface area contributed by atoms with Crippen molar-refractivity contribution in [2.24, 2.45) is 0 Å². The van der Waals surface area contributed by atoms with Crippen molar-refractivity contribution in [3.05, 3.63) is 28.0 Å². The number of aromatic nitrogens is 2. The molecule has 0 saturated carbocycles. The van der Waals surface area contributed by atoms with E-state index in [-0.39, 0.29) is 5.41 Å². The van der Waals surface area contributed by atoms with Gasteiger partial charge in [-0.3, -0.25) is 0 Å². The van der Waals surface area contributed by atoms with E-state index in [0.717, 1.165) is 17.9 Å². The van der Waals surface area contributed by atoms with Gasteiger partial charge >= 0.3 is 0 Å². The van der Waals surface area contributed by atoms with Gasteiger partial charge in [0, 0.05) is 13.1 Å². The summed E-state index contributed by atoms with van der Waals surface area (Å²) in [5, 5.41) is 0. The van der Waals surface area contributed by atoms with Gasteiger partial charge < -0.3 is 9.13 Å². The van der Waals surface area contributed by atoms with Gasteiger partial charge in [-0.25, -0.2) is 0 Å². The lowest BCUT2D eigenvalue weighted by Gasteiger charge is -2.32. The van der Waals surface area contributed by atoms with E-state index >= 15 is 0 Å². The summed E-state index contributed by atoms with van der Waals surface area (Å²) in [6.07, 6.45) is 2.39. The van der Waals surface area contributed by atoms with E-state index < -0.39 is 0 Å². The zero-order valence-electron chi connectivity index (χ0n) is 11.9. The molecule has 2 aliphatic heterocycles. The van der Waals surface area contributed by atoms with E-state index in [1.165, 1.54) is 35.0 Å². The Morgan fingerprint density at radius 3 is 2.68 bits per heavy atom. The summed E-state index contributed by atoms with van der Waals surface area (Å²) in [5.41, 5.74) is 6.09. The van der Waals surface area contributed by atoms with Gasteiger partial charge in [0.15, 0.2) is 4.77 Å². The second-order valence-electron chi connectivity index (χ2n) is 6.81. The van der Waals surface area contributed by atoms with Crippen LogP contribution in [0.5, 0.6) is 0 Å². The van der Waals surface area contributed by atoms with Gasteiger partial charge in [0.05, 0.1) is 11.0 Å². The molecular weight excluding hydrogens is 252 g/mol. The molecule has 4 rings (SSSR count). The van der Waals surface area contributed by atoms with Gasteiger partial charge in [-0.1, -0.05) is 32.9 Å². The standard InChI is InChI=1S/C16H20N2S/c1-10-6-8-17-13-11(10)4-5-12-14(13)18(15(17)19)9-7-16(12,2)3/h4-5,10H,6-9H2,1-3H3. The minimum Gasteiger partial charge on any atom is -0.316 e. The molecule has 1 unspecified atom stereocenters. The normalized spacial score (nSPS) is 23.8. The van der Waals surface area contributed by atoms with Crippen molar-refractivity contribution in [1.82, 2.24) is 9.13 Å². The summed E-state index contributed by atoms with van der Waals surface area (Å²) in [5.74, 6) is 0.657. The largest absolute Gasteiger partial charge is 0.316 e. The molecule has 0 fully saturated rings. The predicted octanol–water partition coefficient (Wildman–Crippen LogP) is 4.36. The highest BCUT2D eigenvalue weighted by Gasteiger charge is 2.33. The Labute approximate surface area is 119 Å². The van der Waals surface area contributed by atoms with Crippen molar-refractivity contribution in [2.75, 3.05) is 0 Å². The van der Waals surface area contributed by atoms with Crippen LogP contribution in [0.4, 0.5) is 0 Å². The molecule has 3 heteroatoms. The van der Waals surface area contributed by atoms with Crippen LogP contribution in [0.25, 0.3) is 11.0 Å². The molecule has 2 aromatic rings. The van der Waals surface area contributed by atoms with Crippen molar-refractivity contribution in [1.29, 1.82) is 0 Å². The number of nitrogens with zero attached hydrogens (tertiary/aromatic N) is 2. The Balaban J connectivity index is 2.23. The zero-order chi connectivity index (χ0) is 13.4. The number of hydrogen-bond donors (Lipinski definition) is 0. The lowest BCUT2D eigenvalue weighted by Crippen LogP contribution is -2.25. The van der Waals surface area contributed by atoms with Crippen LogP contribution in [0.2, 0.25) is 0 Å². The molecule has 3 heterocycles. The fraction of sp³-hybridized carbons (Fsp3) is 0.562. The molecule has 0 N–H and O–H groups in total. The van der Waals surface area contributed by atoms with Crippen LogP contribution in [-0.4, -0.2) is 9.13 Å². The van der Waals surface area contributed by atoms with Gasteiger partial charge in [0.2, 0.25) is 0 Å². The molecule has 1 atom stereocenters. The highest BCUT2D eigenvalue weighted by Crippen LogP contribution is 2.43. The Kier molecular flexibility index (Phi) is 2.17. The van der Waals surface area contributed by atoms with Gasteiger partial charge in [0.25, 0.3) is 0 Å². The predicted molar refractivity (Wildman–Crippen MR) is 81.4 cm³/mol. The minimum atomic E-state index is 0.271. The van der Waals surface area contributed by atoms with Crippen LogP contribution in [0, 0.1) is 4.77 Å². The quantitative estimate of drug-likeness (QED) is 0.648. The smallest absolute Gasteiger partial charge is 0.180 e. The fourth-order valence-electron chi connectivity index (χ4n) is 3.85. The third-order valence-electron chi connectivity index (χ3n) is 5.19. The molecule has 0 aliphatic carbocycles. The van der Waals surface area contributed by atoms with Gasteiger partial charge in [-0.15, -0.1) is 0 Å². The van der Waals surface area contributed by atoms with Gasteiger partial charge in [-0.2, -0.15) is 0 Å². The summed E-state index contributed by atoms with van der Waals surface area (Å²) in [6, 6.07) is 4.71. The van der Waals surface area contributed by atoms with E-state index in [0.29, 0.717) is 5.92 Å². The topological polar surface area (TPSA) is 9.86 Å². The summed E-state index contributed by atoms with van der Waals surface area (Å²) in [6.45, 7) is 9.22. The maximum absolute atomic E-state index is 5.72. The second-order valence-corrected chi connectivity index (χ2v) is 7.17. The molecule has 1 aromatic carbocycles. The average Bonchev–Trinajstić information content (AvgIpc) is 2.65. The molecule has 0 radical (unpaired) electrons. The number of hydrogen-bond acceptors (Lipinski definition) is 1. The van der Waals surface area contributed by atoms with Crippen molar-refractivity contribution < 1.29 is 0 Å². The molecule has 100 valence electrons. The van der Waals surface area contributed by atoms with Gasteiger partial charge in [0.1, 0.15) is 0 Å². The third kappa shape index (κ3) is 1.34. The molecule has 19 heavy (non-hydrogen) atoms. The first kappa shape index (κ1) is 11.7. The summed E-state index contributed by atoms with van der Waals surface area (Å²) < 4.78 is 5.80. The number of imidazole rings is 1. The Morgan fingerprint density at radius 2 is 1.89 bits per heavy atom. The number of benzene rings is 1. The first-order valence-corrected chi connectivity index (χ1v) is 7.68. The lowest BCUT2D eigenvalue weighted by molar-refractivity contribution is 0.419. The fourth-order valence-corrected chi connectivity index (χ4v) is 4.22. The van der Waals surface area contributed by atoms with Crippen LogP contribution >= 0.6 is 12.2 Å². The molecule has 2 aliphatic rings. The maximum atomic E-state index is 5.72. The van der Waals surface area contributed by atoms with Crippen LogP contribution in [0.1, 0.15) is 50.7 Å². The SMILES string of the molecule is CC1CCn2c(=S)n3c4c(ccc1c42)C(C)(C)CC3. The minimum absolute atomic E-state index is 0.271. The Bertz CT molecular complexity index is 748. The Morgan fingerprint density at radius 1 is 1.16 bits per heavy atom. The molecule has 1 aromatic heterocycles. The van der Waals surface area contributed by atoms with Crippen LogP contribution in [0.15, 0.2) is 12.1 Å². The van der Waals surface area contributed by atoms with Crippen molar-refractivity contribution in [3.8, 4) is 0 Å². The van der Waals surface area contributed by atoms with E-state index in [1.807, 2.05) is 0 Å². The lowest BCUT2D eigenvalue weighted by atomic mass is 9.77. The third-order valence-corrected chi connectivity index (χ3v) is 5.63. The molecule has 0 saturated heterocycles. The molecule has 0 spiro atoms. The van der Waals surface area contributed by atoms with Crippen molar-refractivity contribution in [3.63, 3.8) is 0 Å². The number of aryl methyl sites for hydroxylation is 2. The summed E-state index contributed by atoms with van der Waals surface area (Å²) in [4.78, 5) is 0. The first-order valence-electron chi connectivity index (χ1n) is 7.27. The molecular formula is C16H20N2S. The van der Waals surface area contributed by atoms with E-state index in [1.54, 1.807) is 0 Å².